The average Bonchev–Trinajstić information content (AvgIpc) is 2.67. The monoisotopic (exact) mass is 381 g/mol. The fourth-order valence-electron chi connectivity index (χ4n) is 3.06. The molecule has 1 aromatic carbocycles. The fraction of sp³-hybridized carbons (Fsp3) is 0.556. The molecule has 1 aromatic rings. The first-order chi connectivity index (χ1) is 12.5. The number of benzene rings is 1. The minimum absolute atomic E-state index is 0.173. The minimum atomic E-state index is -3.55. The number of hydrogen-bond donors (Lipinski definition) is 2. The van der Waals surface area contributed by atoms with Gasteiger partial charge in [0.15, 0.2) is 0 Å². The smallest absolute Gasteiger partial charge is 0.309 e. The molecule has 1 atom stereocenters. The largest absolute Gasteiger partial charge is 0.348 e. The summed E-state index contributed by atoms with van der Waals surface area (Å²) in [6.45, 7) is 3.11. The number of amides is 2. The third-order valence-electron chi connectivity index (χ3n) is 4.43. The summed E-state index contributed by atoms with van der Waals surface area (Å²) in [5.74, 6) is -1.32. The van der Waals surface area contributed by atoms with Crippen LogP contribution >= 0.6 is 0 Å². The van der Waals surface area contributed by atoms with Crippen LogP contribution in [0.5, 0.6) is 0 Å². The van der Waals surface area contributed by atoms with Gasteiger partial charge in [-0.15, -0.1) is 0 Å². The molecule has 0 spiro atoms. The molecule has 2 amide bonds. The van der Waals surface area contributed by atoms with E-state index in [-0.39, 0.29) is 17.5 Å². The van der Waals surface area contributed by atoms with Gasteiger partial charge >= 0.3 is 11.8 Å². The Kier molecular flexibility index (Phi) is 7.59. The Morgan fingerprint density at radius 1 is 1.08 bits per heavy atom. The predicted molar refractivity (Wildman–Crippen MR) is 98.9 cm³/mol. The summed E-state index contributed by atoms with van der Waals surface area (Å²) in [4.78, 5) is 23.6. The lowest BCUT2D eigenvalue weighted by Crippen LogP contribution is -2.46. The molecule has 8 heteroatoms. The molecule has 1 saturated heterocycles. The van der Waals surface area contributed by atoms with Crippen LogP contribution in [0, 0.1) is 0 Å². The molecule has 2 rings (SSSR count). The van der Waals surface area contributed by atoms with Gasteiger partial charge in [0.05, 0.1) is 4.90 Å². The van der Waals surface area contributed by atoms with Gasteiger partial charge in [-0.05, 0) is 37.8 Å². The molecule has 2 N–H and O–H groups in total. The molecule has 1 aliphatic heterocycles. The molecular weight excluding hydrogens is 354 g/mol. The van der Waals surface area contributed by atoms with Crippen molar-refractivity contribution in [3.63, 3.8) is 0 Å². The van der Waals surface area contributed by atoms with Crippen molar-refractivity contribution in [3.8, 4) is 0 Å². The highest BCUT2D eigenvalue weighted by atomic mass is 32.2. The summed E-state index contributed by atoms with van der Waals surface area (Å²) < 4.78 is 27.3. The van der Waals surface area contributed by atoms with E-state index in [1.54, 1.807) is 30.3 Å². The predicted octanol–water partition coefficient (Wildman–Crippen LogP) is 1.26. The first-order valence-corrected chi connectivity index (χ1v) is 10.5. The number of hydrogen-bond acceptors (Lipinski definition) is 4. The maximum absolute atomic E-state index is 12.9. The number of sulfonamides is 1. The summed E-state index contributed by atoms with van der Waals surface area (Å²) in [7, 11) is -3.55. The van der Waals surface area contributed by atoms with Crippen molar-refractivity contribution < 1.29 is 18.0 Å². The molecule has 0 unspecified atom stereocenters. The van der Waals surface area contributed by atoms with Crippen LogP contribution in [0.2, 0.25) is 0 Å². The second-order valence-corrected chi connectivity index (χ2v) is 8.27. The number of carbonyl (C=O) groups is 2. The molecule has 1 aliphatic rings. The van der Waals surface area contributed by atoms with Crippen molar-refractivity contribution in [2.75, 3.05) is 19.6 Å². The summed E-state index contributed by atoms with van der Waals surface area (Å²) in [5.41, 5.74) is 0. The van der Waals surface area contributed by atoms with Crippen molar-refractivity contribution >= 4 is 21.8 Å². The first-order valence-electron chi connectivity index (χ1n) is 9.09. The van der Waals surface area contributed by atoms with Gasteiger partial charge in [-0.25, -0.2) is 8.42 Å². The van der Waals surface area contributed by atoms with E-state index in [0.717, 1.165) is 25.7 Å². The molecule has 0 aliphatic carbocycles. The molecule has 26 heavy (non-hydrogen) atoms. The first kappa shape index (κ1) is 20.4. The maximum atomic E-state index is 12.9. The molecule has 144 valence electrons. The highest BCUT2D eigenvalue weighted by Gasteiger charge is 2.33. The molecular formula is C18H27N3O4S. The lowest BCUT2D eigenvalue weighted by molar-refractivity contribution is -0.139. The van der Waals surface area contributed by atoms with Gasteiger partial charge in [0.1, 0.15) is 0 Å². The molecule has 0 radical (unpaired) electrons. The van der Waals surface area contributed by atoms with Gasteiger partial charge < -0.3 is 10.6 Å². The van der Waals surface area contributed by atoms with E-state index in [2.05, 4.69) is 10.6 Å². The Hall–Kier alpha value is -1.93. The van der Waals surface area contributed by atoms with Crippen molar-refractivity contribution in [3.05, 3.63) is 30.3 Å². The van der Waals surface area contributed by atoms with Crippen molar-refractivity contribution in [2.24, 2.45) is 0 Å². The lowest BCUT2D eigenvalue weighted by atomic mass is 10.0. The van der Waals surface area contributed by atoms with Gasteiger partial charge in [-0.2, -0.15) is 4.31 Å². The van der Waals surface area contributed by atoms with Crippen LogP contribution in [-0.4, -0.2) is 50.2 Å². The lowest BCUT2D eigenvalue weighted by Gasteiger charge is -2.34. The van der Waals surface area contributed by atoms with Crippen LogP contribution in [0.4, 0.5) is 0 Å². The van der Waals surface area contributed by atoms with Crippen LogP contribution in [0.3, 0.4) is 0 Å². The van der Waals surface area contributed by atoms with Crippen molar-refractivity contribution in [1.29, 1.82) is 0 Å². The Labute approximate surface area is 155 Å². The average molecular weight is 381 g/mol. The number of rotatable bonds is 7. The van der Waals surface area contributed by atoms with E-state index in [1.165, 1.54) is 4.31 Å². The Balaban J connectivity index is 1.95. The SMILES string of the molecule is CCCNC(=O)C(=O)NCC[C@H]1CCCCN1S(=O)(=O)c1ccccc1. The maximum Gasteiger partial charge on any atom is 0.309 e. The second kappa shape index (κ2) is 9.68. The highest BCUT2D eigenvalue weighted by Crippen LogP contribution is 2.26. The topological polar surface area (TPSA) is 95.6 Å². The van der Waals surface area contributed by atoms with E-state index >= 15 is 0 Å². The van der Waals surface area contributed by atoms with Crippen molar-refractivity contribution in [1.82, 2.24) is 14.9 Å². The third kappa shape index (κ3) is 5.28. The fourth-order valence-corrected chi connectivity index (χ4v) is 4.80. The van der Waals surface area contributed by atoms with Crippen LogP contribution < -0.4 is 10.6 Å². The Morgan fingerprint density at radius 2 is 1.73 bits per heavy atom. The minimum Gasteiger partial charge on any atom is -0.348 e. The van der Waals surface area contributed by atoms with Crippen molar-refractivity contribution in [2.45, 2.75) is 50.0 Å². The Bertz CT molecular complexity index is 706. The molecule has 1 heterocycles. The molecule has 0 saturated carbocycles. The molecule has 7 nitrogen and oxygen atoms in total. The number of nitrogens with one attached hydrogen (secondary N) is 2. The number of piperidine rings is 1. The summed E-state index contributed by atoms with van der Waals surface area (Å²) in [6.07, 6.45) is 3.78. The summed E-state index contributed by atoms with van der Waals surface area (Å²) in [6, 6.07) is 8.23. The molecule has 0 aromatic heterocycles. The quantitative estimate of drug-likeness (QED) is 0.695. The van der Waals surface area contributed by atoms with Gasteiger partial charge in [-0.3, -0.25) is 9.59 Å². The van der Waals surface area contributed by atoms with E-state index in [4.69, 9.17) is 0 Å². The van der Waals surface area contributed by atoms with Crippen LogP contribution in [0.1, 0.15) is 39.0 Å². The zero-order chi connectivity index (χ0) is 19.0. The van der Waals surface area contributed by atoms with E-state index in [9.17, 15) is 18.0 Å². The summed E-state index contributed by atoms with van der Waals surface area (Å²) in [5, 5.41) is 5.10. The van der Waals surface area contributed by atoms with Gasteiger partial charge in [0.2, 0.25) is 10.0 Å². The van der Waals surface area contributed by atoms with Gasteiger partial charge in [-0.1, -0.05) is 31.5 Å². The standard InChI is InChI=1S/C18H27N3O4S/c1-2-12-19-17(22)18(23)20-13-11-15-8-6-7-14-21(15)26(24,25)16-9-4-3-5-10-16/h3-5,9-10,15H,2,6-8,11-14H2,1H3,(H,19,22)(H,20,23)/t15-/m1/s1. The van der Waals surface area contributed by atoms with Gasteiger partial charge in [0.25, 0.3) is 0 Å². The third-order valence-corrected chi connectivity index (χ3v) is 6.39. The van der Waals surface area contributed by atoms with Crippen LogP contribution in [0.25, 0.3) is 0 Å². The summed E-state index contributed by atoms with van der Waals surface area (Å²) >= 11 is 0. The van der Waals surface area contributed by atoms with Gasteiger partial charge in [0, 0.05) is 25.7 Å². The van der Waals surface area contributed by atoms with Crippen LogP contribution in [0.15, 0.2) is 35.2 Å². The second-order valence-electron chi connectivity index (χ2n) is 6.38. The normalized spacial score (nSPS) is 18.3. The number of carbonyl (C=O) groups excluding carboxylic acids is 2. The zero-order valence-corrected chi connectivity index (χ0v) is 15.9. The highest BCUT2D eigenvalue weighted by molar-refractivity contribution is 7.89. The van der Waals surface area contributed by atoms with E-state index < -0.39 is 21.8 Å². The zero-order valence-electron chi connectivity index (χ0n) is 15.1. The Morgan fingerprint density at radius 3 is 2.38 bits per heavy atom. The number of nitrogens with zero attached hydrogens (tertiary/aromatic N) is 1. The van der Waals surface area contributed by atoms with Crippen LogP contribution in [-0.2, 0) is 19.6 Å². The van der Waals surface area contributed by atoms with E-state index in [0.29, 0.717) is 19.5 Å². The molecule has 0 bridgehead atoms. The molecule has 1 fully saturated rings. The van der Waals surface area contributed by atoms with E-state index in [1.807, 2.05) is 6.92 Å².